The van der Waals surface area contributed by atoms with Gasteiger partial charge in [-0.25, -0.2) is 0 Å². The van der Waals surface area contributed by atoms with Crippen LogP contribution in [0.2, 0.25) is 0 Å². The van der Waals surface area contributed by atoms with Gasteiger partial charge in [-0.2, -0.15) is 0 Å². The number of hydrogen-bond acceptors (Lipinski definition) is 3. The van der Waals surface area contributed by atoms with E-state index in [0.29, 0.717) is 11.5 Å². The van der Waals surface area contributed by atoms with E-state index in [9.17, 15) is 0 Å². The molecule has 3 aromatic carbocycles. The van der Waals surface area contributed by atoms with E-state index in [1.165, 1.54) is 0 Å². The van der Waals surface area contributed by atoms with E-state index in [4.69, 9.17) is 14.2 Å². The van der Waals surface area contributed by atoms with E-state index < -0.39 is 0 Å². The zero-order valence-electron chi connectivity index (χ0n) is 16.1. The summed E-state index contributed by atoms with van der Waals surface area (Å²) < 4.78 is 15.8. The Morgan fingerprint density at radius 1 is 0.500 bits per heavy atom. The summed E-state index contributed by atoms with van der Waals surface area (Å²) in [5, 5.41) is 0. The van der Waals surface area contributed by atoms with E-state index in [-0.39, 0.29) is 0 Å². The van der Waals surface area contributed by atoms with E-state index in [0.717, 1.165) is 28.0 Å². The fourth-order valence-corrected chi connectivity index (χ4v) is 2.53. The van der Waals surface area contributed by atoms with Gasteiger partial charge in [-0.3, -0.25) is 0 Å². The molecule has 0 aliphatic rings. The highest BCUT2D eigenvalue weighted by Crippen LogP contribution is 2.22. The van der Waals surface area contributed by atoms with Crippen molar-refractivity contribution in [2.24, 2.45) is 0 Å². The van der Waals surface area contributed by atoms with Crippen LogP contribution >= 0.6 is 0 Å². The first-order valence-electron chi connectivity index (χ1n) is 8.72. The maximum absolute atomic E-state index is 5.30. The molecule has 0 bridgehead atoms. The fraction of sp³-hybridized carbons (Fsp3) is 0.120. The van der Waals surface area contributed by atoms with E-state index in [2.05, 4.69) is 23.7 Å². The number of methoxy groups -OCH3 is 3. The van der Waals surface area contributed by atoms with Gasteiger partial charge < -0.3 is 14.2 Å². The summed E-state index contributed by atoms with van der Waals surface area (Å²) in [6, 6.07) is 21.1. The predicted octanol–water partition coefficient (Wildman–Crippen LogP) is 4.51. The lowest BCUT2D eigenvalue weighted by molar-refractivity contribution is 0.394. The Hall–Kier alpha value is -3.82. The number of ether oxygens (including phenoxy) is 3. The lowest BCUT2D eigenvalue weighted by atomic mass is 10.1. The number of benzene rings is 3. The molecule has 0 aromatic heterocycles. The minimum absolute atomic E-state index is 0.705. The zero-order valence-corrected chi connectivity index (χ0v) is 16.1. The molecule has 0 saturated heterocycles. The monoisotopic (exact) mass is 368 g/mol. The second-order valence-electron chi connectivity index (χ2n) is 5.88. The molecule has 0 aliphatic carbocycles. The van der Waals surface area contributed by atoms with Crippen molar-refractivity contribution in [2.45, 2.75) is 0 Å². The summed E-state index contributed by atoms with van der Waals surface area (Å²) in [5.74, 6) is 15.0. The second kappa shape index (κ2) is 9.21. The Labute approximate surface area is 165 Å². The van der Waals surface area contributed by atoms with Crippen LogP contribution < -0.4 is 14.2 Å². The highest BCUT2D eigenvalue weighted by Gasteiger charge is 2.00. The highest BCUT2D eigenvalue weighted by molar-refractivity contribution is 5.55. The molecule has 0 amide bonds. The van der Waals surface area contributed by atoms with Crippen molar-refractivity contribution in [3.8, 4) is 40.9 Å². The number of hydrogen-bond donors (Lipinski definition) is 0. The van der Waals surface area contributed by atoms with Crippen LogP contribution in [-0.4, -0.2) is 21.3 Å². The van der Waals surface area contributed by atoms with Crippen molar-refractivity contribution < 1.29 is 14.2 Å². The minimum Gasteiger partial charge on any atom is -0.497 e. The first-order chi connectivity index (χ1) is 13.7. The maximum Gasteiger partial charge on any atom is 0.123 e. The lowest BCUT2D eigenvalue weighted by Crippen LogP contribution is -1.89. The smallest absolute Gasteiger partial charge is 0.123 e. The van der Waals surface area contributed by atoms with E-state index in [1.54, 1.807) is 21.3 Å². The SMILES string of the molecule is COc1ccc(C#Cc2ccccc2C#Cc2cc(OC)cc(OC)c2)cc1. The second-order valence-corrected chi connectivity index (χ2v) is 5.88. The molecule has 3 nitrogen and oxygen atoms in total. The van der Waals surface area contributed by atoms with E-state index >= 15 is 0 Å². The minimum atomic E-state index is 0.705. The molecular weight excluding hydrogens is 348 g/mol. The molecule has 0 saturated carbocycles. The fourth-order valence-electron chi connectivity index (χ4n) is 2.53. The first-order valence-corrected chi connectivity index (χ1v) is 8.72. The molecule has 3 heteroatoms. The molecule has 138 valence electrons. The van der Waals surface area contributed by atoms with Gasteiger partial charge in [0.15, 0.2) is 0 Å². The molecule has 0 atom stereocenters. The number of rotatable bonds is 3. The van der Waals surface area contributed by atoms with Crippen LogP contribution in [0.5, 0.6) is 17.2 Å². The summed E-state index contributed by atoms with van der Waals surface area (Å²) in [4.78, 5) is 0. The molecule has 0 spiro atoms. The van der Waals surface area contributed by atoms with Crippen LogP contribution in [0.15, 0.2) is 66.7 Å². The average molecular weight is 368 g/mol. The summed E-state index contributed by atoms with van der Waals surface area (Å²) in [6.07, 6.45) is 0. The van der Waals surface area contributed by atoms with Crippen LogP contribution in [0.25, 0.3) is 0 Å². The standard InChI is InChI=1S/C25H20O3/c1-26-23-14-10-19(11-15-23)8-12-21-6-4-5-7-22(21)13-9-20-16-24(27-2)18-25(17-20)28-3/h4-7,10-11,14-18H,1-3H3. The van der Waals surface area contributed by atoms with Crippen molar-refractivity contribution >= 4 is 0 Å². The predicted molar refractivity (Wildman–Crippen MR) is 111 cm³/mol. The molecule has 0 heterocycles. The zero-order chi connectivity index (χ0) is 19.8. The summed E-state index contributed by atoms with van der Waals surface area (Å²) >= 11 is 0. The topological polar surface area (TPSA) is 27.7 Å². The third-order valence-corrected chi connectivity index (χ3v) is 4.05. The quantitative estimate of drug-likeness (QED) is 0.637. The van der Waals surface area contributed by atoms with Gasteiger partial charge in [-0.05, 0) is 48.5 Å². The summed E-state index contributed by atoms with van der Waals surface area (Å²) in [5.41, 5.74) is 3.47. The van der Waals surface area contributed by atoms with Crippen LogP contribution in [0.3, 0.4) is 0 Å². The van der Waals surface area contributed by atoms with Crippen LogP contribution in [-0.2, 0) is 0 Å². The van der Waals surface area contributed by atoms with Gasteiger partial charge in [-0.15, -0.1) is 0 Å². The first kappa shape index (κ1) is 19.0. The van der Waals surface area contributed by atoms with Crippen molar-refractivity contribution in [3.05, 3.63) is 89.0 Å². The molecule has 0 unspecified atom stereocenters. The van der Waals surface area contributed by atoms with Gasteiger partial charge >= 0.3 is 0 Å². The largest absolute Gasteiger partial charge is 0.497 e. The average Bonchev–Trinajstić information content (AvgIpc) is 2.76. The van der Waals surface area contributed by atoms with Gasteiger partial charge in [0.2, 0.25) is 0 Å². The van der Waals surface area contributed by atoms with Crippen molar-refractivity contribution in [3.63, 3.8) is 0 Å². The van der Waals surface area contributed by atoms with Crippen LogP contribution in [0, 0.1) is 23.7 Å². The van der Waals surface area contributed by atoms with Gasteiger partial charge in [0.1, 0.15) is 17.2 Å². The lowest BCUT2D eigenvalue weighted by Gasteiger charge is -2.04. The van der Waals surface area contributed by atoms with Gasteiger partial charge in [0.05, 0.1) is 21.3 Å². The Morgan fingerprint density at radius 2 is 1.00 bits per heavy atom. The molecule has 0 radical (unpaired) electrons. The van der Waals surface area contributed by atoms with Gasteiger partial charge in [0, 0.05) is 28.3 Å². The highest BCUT2D eigenvalue weighted by atomic mass is 16.5. The molecule has 0 fully saturated rings. The van der Waals surface area contributed by atoms with Gasteiger partial charge in [0.25, 0.3) is 0 Å². The molecular formula is C25H20O3. The Kier molecular flexibility index (Phi) is 6.24. The van der Waals surface area contributed by atoms with Crippen LogP contribution in [0.1, 0.15) is 22.3 Å². The maximum atomic E-state index is 5.30. The third kappa shape index (κ3) is 4.87. The summed E-state index contributed by atoms with van der Waals surface area (Å²) in [7, 11) is 4.89. The molecule has 28 heavy (non-hydrogen) atoms. The van der Waals surface area contributed by atoms with E-state index in [1.807, 2.05) is 66.7 Å². The van der Waals surface area contributed by atoms with Crippen molar-refractivity contribution in [1.29, 1.82) is 0 Å². The molecule has 3 aromatic rings. The Bertz CT molecular complexity index is 1050. The Morgan fingerprint density at radius 3 is 1.50 bits per heavy atom. The Balaban J connectivity index is 1.90. The van der Waals surface area contributed by atoms with Gasteiger partial charge in [-0.1, -0.05) is 35.8 Å². The molecule has 0 N–H and O–H groups in total. The van der Waals surface area contributed by atoms with Crippen molar-refractivity contribution in [2.75, 3.05) is 21.3 Å². The summed E-state index contributed by atoms with van der Waals surface area (Å²) in [6.45, 7) is 0. The molecule has 0 aliphatic heterocycles. The normalized spacial score (nSPS) is 9.39. The molecule has 3 rings (SSSR count). The van der Waals surface area contributed by atoms with Crippen molar-refractivity contribution in [1.82, 2.24) is 0 Å². The third-order valence-electron chi connectivity index (χ3n) is 4.05. The van der Waals surface area contributed by atoms with Crippen LogP contribution in [0.4, 0.5) is 0 Å².